The van der Waals surface area contributed by atoms with E-state index >= 15 is 0 Å². The maximum atomic E-state index is 14.5. The SMILES string of the molecule is COc1ccc(C2(c3ccc(OCOC(=O)OC(C)C)cc3)C(=O)N(COC(=O)OC(C)C)c3ccccc32)cc1. The van der Waals surface area contributed by atoms with Crippen molar-refractivity contribution in [2.45, 2.75) is 45.3 Å². The zero-order valence-electron chi connectivity index (χ0n) is 23.6. The maximum absolute atomic E-state index is 14.5. The summed E-state index contributed by atoms with van der Waals surface area (Å²) in [7, 11) is 1.57. The summed E-state index contributed by atoms with van der Waals surface area (Å²) in [5.74, 6) is 0.750. The molecule has 0 aromatic heterocycles. The molecule has 216 valence electrons. The molecule has 1 aliphatic rings. The average molecular weight is 564 g/mol. The third kappa shape index (κ3) is 6.21. The molecule has 4 rings (SSSR count). The lowest BCUT2D eigenvalue weighted by Gasteiger charge is -2.30. The second-order valence-corrected chi connectivity index (χ2v) is 9.77. The van der Waals surface area contributed by atoms with Crippen molar-refractivity contribution in [2.75, 3.05) is 25.5 Å². The fourth-order valence-corrected chi connectivity index (χ4v) is 4.66. The van der Waals surface area contributed by atoms with Crippen LogP contribution in [0.1, 0.15) is 44.4 Å². The number of anilines is 1. The summed E-state index contributed by atoms with van der Waals surface area (Å²) in [4.78, 5) is 39.7. The monoisotopic (exact) mass is 563 g/mol. The smallest absolute Gasteiger partial charge is 0.497 e. The zero-order chi connectivity index (χ0) is 29.6. The van der Waals surface area contributed by atoms with Crippen LogP contribution in [0.4, 0.5) is 15.3 Å². The van der Waals surface area contributed by atoms with E-state index in [9.17, 15) is 14.4 Å². The third-order valence-corrected chi connectivity index (χ3v) is 6.35. The molecule has 0 N–H and O–H groups in total. The van der Waals surface area contributed by atoms with E-state index < -0.39 is 17.7 Å². The summed E-state index contributed by atoms with van der Waals surface area (Å²) >= 11 is 0. The molecular weight excluding hydrogens is 530 g/mol. The molecule has 1 unspecified atom stereocenters. The molecule has 1 aliphatic heterocycles. The molecule has 1 heterocycles. The number of amides is 1. The van der Waals surface area contributed by atoms with E-state index in [4.69, 9.17) is 28.4 Å². The van der Waals surface area contributed by atoms with Crippen LogP contribution in [0.15, 0.2) is 72.8 Å². The molecule has 0 fully saturated rings. The van der Waals surface area contributed by atoms with Crippen LogP contribution in [0.25, 0.3) is 0 Å². The van der Waals surface area contributed by atoms with Gasteiger partial charge >= 0.3 is 12.3 Å². The largest absolute Gasteiger partial charge is 0.511 e. The van der Waals surface area contributed by atoms with Gasteiger partial charge in [-0.15, -0.1) is 0 Å². The first-order valence-corrected chi connectivity index (χ1v) is 13.1. The number of hydrogen-bond acceptors (Lipinski definition) is 9. The third-order valence-electron chi connectivity index (χ3n) is 6.35. The fraction of sp³-hybridized carbons (Fsp3) is 0.323. The van der Waals surface area contributed by atoms with Crippen molar-refractivity contribution in [1.29, 1.82) is 0 Å². The first-order valence-electron chi connectivity index (χ1n) is 13.1. The minimum atomic E-state index is -1.27. The number of para-hydroxylation sites is 1. The number of hydrogen-bond donors (Lipinski definition) is 0. The van der Waals surface area contributed by atoms with Crippen molar-refractivity contribution in [3.8, 4) is 11.5 Å². The summed E-state index contributed by atoms with van der Waals surface area (Å²) in [5, 5.41) is 0. The van der Waals surface area contributed by atoms with Crippen LogP contribution >= 0.6 is 0 Å². The van der Waals surface area contributed by atoms with Crippen molar-refractivity contribution in [2.24, 2.45) is 0 Å². The van der Waals surface area contributed by atoms with E-state index in [1.54, 1.807) is 77.3 Å². The van der Waals surface area contributed by atoms with E-state index in [0.717, 1.165) is 0 Å². The van der Waals surface area contributed by atoms with Gasteiger partial charge in [-0.3, -0.25) is 9.69 Å². The number of carbonyl (C=O) groups excluding carboxylic acids is 3. The van der Waals surface area contributed by atoms with Gasteiger partial charge in [0.2, 0.25) is 12.7 Å². The van der Waals surface area contributed by atoms with E-state index in [2.05, 4.69) is 0 Å². The van der Waals surface area contributed by atoms with Crippen molar-refractivity contribution in [3.05, 3.63) is 89.5 Å². The van der Waals surface area contributed by atoms with Gasteiger partial charge in [0.25, 0.3) is 0 Å². The van der Waals surface area contributed by atoms with E-state index in [-0.39, 0.29) is 31.6 Å². The Bertz CT molecular complexity index is 1370. The van der Waals surface area contributed by atoms with Crippen molar-refractivity contribution < 1.29 is 42.8 Å². The highest BCUT2D eigenvalue weighted by Crippen LogP contribution is 2.50. The molecule has 0 saturated carbocycles. The second kappa shape index (κ2) is 12.6. The summed E-state index contributed by atoms with van der Waals surface area (Å²) in [6.45, 7) is 6.18. The molecule has 0 aliphatic carbocycles. The zero-order valence-corrected chi connectivity index (χ0v) is 23.6. The molecule has 3 aromatic carbocycles. The molecule has 1 atom stereocenters. The first kappa shape index (κ1) is 29.3. The van der Waals surface area contributed by atoms with Crippen LogP contribution in [-0.4, -0.2) is 51.1 Å². The number of fused-ring (bicyclic) bond motifs is 1. The number of nitrogens with zero attached hydrogens (tertiary/aromatic N) is 1. The fourth-order valence-electron chi connectivity index (χ4n) is 4.66. The Hall–Kier alpha value is -4.73. The van der Waals surface area contributed by atoms with Crippen LogP contribution in [0.2, 0.25) is 0 Å². The predicted molar refractivity (Wildman–Crippen MR) is 149 cm³/mol. The van der Waals surface area contributed by atoms with Gasteiger partial charge in [-0.25, -0.2) is 9.59 Å². The molecule has 0 saturated heterocycles. The van der Waals surface area contributed by atoms with Gasteiger partial charge in [0.05, 0.1) is 25.0 Å². The number of ether oxygens (including phenoxy) is 6. The predicted octanol–water partition coefficient (Wildman–Crippen LogP) is 5.79. The molecule has 0 spiro atoms. The Labute approximate surface area is 238 Å². The van der Waals surface area contributed by atoms with Gasteiger partial charge < -0.3 is 28.4 Å². The lowest BCUT2D eigenvalue weighted by Crippen LogP contribution is -2.43. The quantitative estimate of drug-likeness (QED) is 0.223. The van der Waals surface area contributed by atoms with Crippen LogP contribution in [0.3, 0.4) is 0 Å². The second-order valence-electron chi connectivity index (χ2n) is 9.77. The van der Waals surface area contributed by atoms with Gasteiger partial charge in [-0.05, 0) is 69.2 Å². The number of methoxy groups -OCH3 is 1. The molecule has 41 heavy (non-hydrogen) atoms. The Morgan fingerprint density at radius 1 is 0.756 bits per heavy atom. The van der Waals surface area contributed by atoms with Crippen LogP contribution < -0.4 is 14.4 Å². The van der Waals surface area contributed by atoms with Crippen LogP contribution in [-0.2, 0) is 29.2 Å². The highest BCUT2D eigenvalue weighted by Gasteiger charge is 2.53. The van der Waals surface area contributed by atoms with Gasteiger partial charge in [-0.2, -0.15) is 0 Å². The Morgan fingerprint density at radius 3 is 1.85 bits per heavy atom. The van der Waals surface area contributed by atoms with Crippen molar-refractivity contribution >= 4 is 23.9 Å². The lowest BCUT2D eigenvalue weighted by molar-refractivity contribution is -0.121. The highest BCUT2D eigenvalue weighted by atomic mass is 16.8. The first-order chi connectivity index (χ1) is 19.7. The lowest BCUT2D eigenvalue weighted by atomic mass is 9.70. The number of rotatable bonds is 10. The molecule has 10 nitrogen and oxygen atoms in total. The minimum absolute atomic E-state index is 0.311. The molecular formula is C31H33NO9. The van der Waals surface area contributed by atoms with E-state index in [1.165, 1.54) is 4.90 Å². The number of benzene rings is 3. The topological polar surface area (TPSA) is 110 Å². The maximum Gasteiger partial charge on any atom is 0.511 e. The summed E-state index contributed by atoms with van der Waals surface area (Å²) < 4.78 is 31.2. The molecule has 3 aromatic rings. The summed E-state index contributed by atoms with van der Waals surface area (Å²) in [5.41, 5.74) is 1.38. The Kier molecular flexibility index (Phi) is 9.01. The molecule has 0 radical (unpaired) electrons. The molecule has 1 amide bonds. The molecule has 0 bridgehead atoms. The van der Waals surface area contributed by atoms with E-state index in [1.807, 2.05) is 30.3 Å². The van der Waals surface area contributed by atoms with Crippen molar-refractivity contribution in [1.82, 2.24) is 0 Å². The number of carbonyl (C=O) groups is 3. The van der Waals surface area contributed by atoms with Gasteiger partial charge in [0.1, 0.15) is 16.9 Å². The van der Waals surface area contributed by atoms with Crippen LogP contribution in [0, 0.1) is 0 Å². The van der Waals surface area contributed by atoms with Crippen LogP contribution in [0.5, 0.6) is 11.5 Å². The normalized spacial score (nSPS) is 15.9. The highest BCUT2D eigenvalue weighted by molar-refractivity contribution is 6.13. The van der Waals surface area contributed by atoms with Crippen molar-refractivity contribution in [3.63, 3.8) is 0 Å². The molecule has 10 heteroatoms. The standard InChI is InChI=1S/C31H33NO9/c1-20(2)40-29(34)37-18-32-27-9-7-6-8-26(27)31(28(32)33,22-10-14-24(36-5)15-11-22)23-12-16-25(17-13-23)38-19-39-30(35)41-21(3)4/h6-17,20-21H,18-19H2,1-5H3. The Balaban J connectivity index is 1.70. The van der Waals surface area contributed by atoms with Gasteiger partial charge in [0.15, 0.2) is 6.73 Å². The Morgan fingerprint density at radius 2 is 1.29 bits per heavy atom. The minimum Gasteiger partial charge on any atom is -0.497 e. The summed E-state index contributed by atoms with van der Waals surface area (Å²) in [6, 6.07) is 21.5. The van der Waals surface area contributed by atoms with Gasteiger partial charge in [0, 0.05) is 5.56 Å². The van der Waals surface area contributed by atoms with E-state index in [0.29, 0.717) is 33.9 Å². The van der Waals surface area contributed by atoms with Gasteiger partial charge in [-0.1, -0.05) is 42.5 Å². The average Bonchev–Trinajstić information content (AvgIpc) is 3.19. The summed E-state index contributed by atoms with van der Waals surface area (Å²) in [6.07, 6.45) is -2.38.